The third-order valence-electron chi connectivity index (χ3n) is 2.62. The largest absolute Gasteiger partial charge is 0.493 e. The second-order valence-corrected chi connectivity index (χ2v) is 3.94. The van der Waals surface area contributed by atoms with Crippen molar-refractivity contribution in [3.05, 3.63) is 23.8 Å². The van der Waals surface area contributed by atoms with Crippen LogP contribution in [-0.4, -0.2) is 25.8 Å². The standard InChI is InChI=1S/C12H14F5NO2.ClH/c1-3-20-9-6-7(4-5-8(9)19-2)10(18)11(13,14)12(15,16)17;/h4-6,10H,3,18H2,1-2H3;1H/t10-;/m0./s1. The van der Waals surface area contributed by atoms with E-state index in [-0.39, 0.29) is 30.5 Å². The second-order valence-electron chi connectivity index (χ2n) is 3.94. The Morgan fingerprint density at radius 3 is 2.14 bits per heavy atom. The molecule has 1 atom stereocenters. The highest BCUT2D eigenvalue weighted by molar-refractivity contribution is 5.85. The second kappa shape index (κ2) is 7.13. The smallest absolute Gasteiger partial charge is 0.455 e. The molecule has 0 spiro atoms. The maximum Gasteiger partial charge on any atom is 0.455 e. The van der Waals surface area contributed by atoms with E-state index in [9.17, 15) is 22.0 Å². The van der Waals surface area contributed by atoms with Crippen LogP contribution in [0.4, 0.5) is 22.0 Å². The van der Waals surface area contributed by atoms with Gasteiger partial charge in [-0.2, -0.15) is 22.0 Å². The molecule has 9 heteroatoms. The third-order valence-corrected chi connectivity index (χ3v) is 2.62. The van der Waals surface area contributed by atoms with E-state index in [2.05, 4.69) is 0 Å². The molecule has 1 aromatic rings. The number of alkyl halides is 5. The van der Waals surface area contributed by atoms with Gasteiger partial charge in [0.05, 0.1) is 13.7 Å². The van der Waals surface area contributed by atoms with E-state index in [1.165, 1.54) is 13.2 Å². The summed E-state index contributed by atoms with van der Waals surface area (Å²) in [5.74, 6) is -4.76. The Morgan fingerprint density at radius 1 is 1.14 bits per heavy atom. The minimum absolute atomic E-state index is 0. The summed E-state index contributed by atoms with van der Waals surface area (Å²) in [5, 5.41) is 0. The monoisotopic (exact) mass is 335 g/mol. The molecule has 0 saturated carbocycles. The summed E-state index contributed by atoms with van der Waals surface area (Å²) in [6.45, 7) is 1.83. The summed E-state index contributed by atoms with van der Waals surface area (Å²) in [4.78, 5) is 0. The molecule has 0 aliphatic rings. The van der Waals surface area contributed by atoms with Crippen LogP contribution in [0, 0.1) is 0 Å². The normalized spacial score (nSPS) is 13.3. The van der Waals surface area contributed by atoms with Gasteiger partial charge < -0.3 is 15.2 Å². The first kappa shape index (κ1) is 19.7. The van der Waals surface area contributed by atoms with Crippen molar-refractivity contribution in [3.8, 4) is 11.5 Å². The molecule has 21 heavy (non-hydrogen) atoms. The van der Waals surface area contributed by atoms with Crippen molar-refractivity contribution < 1.29 is 31.4 Å². The van der Waals surface area contributed by atoms with E-state index in [1.807, 2.05) is 0 Å². The fraction of sp³-hybridized carbons (Fsp3) is 0.500. The average Bonchev–Trinajstić information content (AvgIpc) is 2.36. The maximum atomic E-state index is 13.2. The Labute approximate surface area is 124 Å². The van der Waals surface area contributed by atoms with Crippen molar-refractivity contribution in [2.75, 3.05) is 13.7 Å². The molecular formula is C12H15ClF5NO2. The van der Waals surface area contributed by atoms with E-state index in [0.717, 1.165) is 12.1 Å². The number of methoxy groups -OCH3 is 1. The van der Waals surface area contributed by atoms with E-state index >= 15 is 0 Å². The van der Waals surface area contributed by atoms with Gasteiger partial charge >= 0.3 is 12.1 Å². The van der Waals surface area contributed by atoms with Crippen LogP contribution in [0.3, 0.4) is 0 Å². The van der Waals surface area contributed by atoms with Crippen molar-refractivity contribution in [1.29, 1.82) is 0 Å². The predicted molar refractivity (Wildman–Crippen MR) is 69.3 cm³/mol. The Bertz CT molecular complexity index is 467. The first-order valence-electron chi connectivity index (χ1n) is 5.66. The van der Waals surface area contributed by atoms with Gasteiger partial charge in [-0.3, -0.25) is 0 Å². The van der Waals surface area contributed by atoms with E-state index in [1.54, 1.807) is 6.92 Å². The summed E-state index contributed by atoms with van der Waals surface area (Å²) >= 11 is 0. The number of nitrogens with two attached hydrogens (primary N) is 1. The number of halogens is 6. The molecule has 0 aliphatic carbocycles. The number of hydrogen-bond donors (Lipinski definition) is 1. The maximum absolute atomic E-state index is 13.2. The van der Waals surface area contributed by atoms with Gasteiger partial charge in [0.25, 0.3) is 0 Å². The van der Waals surface area contributed by atoms with E-state index in [4.69, 9.17) is 15.2 Å². The zero-order chi connectivity index (χ0) is 15.6. The summed E-state index contributed by atoms with van der Waals surface area (Å²) in [5.41, 5.74) is 4.66. The van der Waals surface area contributed by atoms with Gasteiger partial charge in [0.15, 0.2) is 11.5 Å². The van der Waals surface area contributed by atoms with Crippen molar-refractivity contribution in [2.24, 2.45) is 5.73 Å². The fourth-order valence-corrected chi connectivity index (χ4v) is 1.54. The van der Waals surface area contributed by atoms with Crippen molar-refractivity contribution in [3.63, 3.8) is 0 Å². The third kappa shape index (κ3) is 4.10. The van der Waals surface area contributed by atoms with Gasteiger partial charge in [-0.25, -0.2) is 0 Å². The molecule has 0 aromatic heterocycles. The van der Waals surface area contributed by atoms with Crippen molar-refractivity contribution >= 4 is 12.4 Å². The lowest BCUT2D eigenvalue weighted by atomic mass is 10.0. The zero-order valence-electron chi connectivity index (χ0n) is 11.2. The van der Waals surface area contributed by atoms with Gasteiger partial charge in [0, 0.05) is 0 Å². The number of hydrogen-bond acceptors (Lipinski definition) is 3. The lowest BCUT2D eigenvalue weighted by Gasteiger charge is -2.26. The highest BCUT2D eigenvalue weighted by atomic mass is 35.5. The van der Waals surface area contributed by atoms with Gasteiger partial charge in [0.2, 0.25) is 0 Å². The molecule has 122 valence electrons. The molecule has 0 fully saturated rings. The molecule has 0 heterocycles. The van der Waals surface area contributed by atoms with Gasteiger partial charge in [-0.15, -0.1) is 12.4 Å². The average molecular weight is 336 g/mol. The molecule has 1 aromatic carbocycles. The van der Waals surface area contributed by atoms with Crippen LogP contribution in [0.15, 0.2) is 18.2 Å². The minimum Gasteiger partial charge on any atom is -0.493 e. The predicted octanol–water partition coefficient (Wildman–Crippen LogP) is 3.71. The summed E-state index contributed by atoms with van der Waals surface area (Å²) in [6, 6.07) is 0.776. The molecule has 0 unspecified atom stereocenters. The lowest BCUT2D eigenvalue weighted by Crippen LogP contribution is -2.45. The SMILES string of the molecule is CCOc1cc([C@H](N)C(F)(F)C(F)(F)F)ccc1OC.Cl. The Hall–Kier alpha value is -1.28. The molecule has 0 saturated heterocycles. The molecule has 0 radical (unpaired) electrons. The highest BCUT2D eigenvalue weighted by Gasteiger charge is 2.61. The molecule has 0 amide bonds. The van der Waals surface area contributed by atoms with Crippen LogP contribution in [0.1, 0.15) is 18.5 Å². The van der Waals surface area contributed by atoms with E-state index in [0.29, 0.717) is 0 Å². The zero-order valence-corrected chi connectivity index (χ0v) is 12.0. The van der Waals surface area contributed by atoms with Crippen LogP contribution in [0.25, 0.3) is 0 Å². The van der Waals surface area contributed by atoms with Crippen LogP contribution in [-0.2, 0) is 0 Å². The summed E-state index contributed by atoms with van der Waals surface area (Å²) in [6.07, 6.45) is -5.72. The fourth-order valence-electron chi connectivity index (χ4n) is 1.54. The number of benzene rings is 1. The summed E-state index contributed by atoms with van der Waals surface area (Å²) in [7, 11) is 1.32. The van der Waals surface area contributed by atoms with Crippen LogP contribution >= 0.6 is 12.4 Å². The molecule has 0 bridgehead atoms. The molecule has 3 nitrogen and oxygen atoms in total. The number of rotatable bonds is 5. The van der Waals surface area contributed by atoms with Crippen LogP contribution in [0.5, 0.6) is 11.5 Å². The minimum atomic E-state index is -5.72. The van der Waals surface area contributed by atoms with E-state index < -0.39 is 23.7 Å². The molecule has 2 N–H and O–H groups in total. The lowest BCUT2D eigenvalue weighted by molar-refractivity contribution is -0.291. The summed E-state index contributed by atoms with van der Waals surface area (Å²) < 4.78 is 73.2. The molecule has 1 rings (SSSR count). The van der Waals surface area contributed by atoms with Crippen molar-refractivity contribution in [2.45, 2.75) is 25.1 Å². The van der Waals surface area contributed by atoms with Crippen LogP contribution < -0.4 is 15.2 Å². The Morgan fingerprint density at radius 2 is 1.71 bits per heavy atom. The Kier molecular flexibility index (Phi) is 6.69. The highest BCUT2D eigenvalue weighted by Crippen LogP contribution is 2.44. The van der Waals surface area contributed by atoms with Gasteiger partial charge in [-0.05, 0) is 24.6 Å². The quantitative estimate of drug-likeness (QED) is 0.834. The van der Waals surface area contributed by atoms with Gasteiger partial charge in [-0.1, -0.05) is 6.07 Å². The van der Waals surface area contributed by atoms with Gasteiger partial charge in [0.1, 0.15) is 6.04 Å². The molecule has 0 aliphatic heterocycles. The first-order chi connectivity index (χ1) is 9.15. The number of ether oxygens (including phenoxy) is 2. The van der Waals surface area contributed by atoms with Crippen LogP contribution in [0.2, 0.25) is 0 Å². The van der Waals surface area contributed by atoms with Crippen molar-refractivity contribution in [1.82, 2.24) is 0 Å². The molecular weight excluding hydrogens is 321 g/mol. The first-order valence-corrected chi connectivity index (χ1v) is 5.66. The topological polar surface area (TPSA) is 44.5 Å². The Balaban J connectivity index is 0.00000400.